The smallest absolute Gasteiger partial charge is 0.412 e. The maximum atomic E-state index is 11.9. The van der Waals surface area contributed by atoms with E-state index in [9.17, 15) is 19.0 Å². The van der Waals surface area contributed by atoms with E-state index in [1.54, 1.807) is 6.20 Å². The van der Waals surface area contributed by atoms with E-state index < -0.39 is 16.7 Å². The molecule has 1 saturated carbocycles. The van der Waals surface area contributed by atoms with Crippen molar-refractivity contribution in [3.63, 3.8) is 0 Å². The third-order valence-electron chi connectivity index (χ3n) is 7.05. The standard InChI is InChI=1S/C23H31N3O5S/c1-15-7-8-20-21(26(15)23(27)28)10-9-19(22(20)31-18-5-2-6-18)16-12-24-25(13-16)17-4-3-11-32(29,30)14-17/h9-10,12-13,15,17-18,29-30H,2-8,11,14H2,1H3,(H,27,28)/t15-,17?/m0/s1. The number of aromatic nitrogens is 2. The van der Waals surface area contributed by atoms with Gasteiger partial charge in [0.1, 0.15) is 5.75 Å². The number of fused-ring (bicyclic) bond motifs is 1. The first-order valence-corrected chi connectivity index (χ1v) is 13.3. The summed E-state index contributed by atoms with van der Waals surface area (Å²) in [6.07, 6.45) is 9.35. The van der Waals surface area contributed by atoms with Gasteiger partial charge in [0.25, 0.3) is 0 Å². The van der Waals surface area contributed by atoms with E-state index in [0.717, 1.165) is 67.4 Å². The Morgan fingerprint density at radius 2 is 2.00 bits per heavy atom. The van der Waals surface area contributed by atoms with Crippen molar-refractivity contribution in [2.24, 2.45) is 0 Å². The van der Waals surface area contributed by atoms with Crippen LogP contribution in [0.5, 0.6) is 5.75 Å². The zero-order chi connectivity index (χ0) is 22.5. The van der Waals surface area contributed by atoms with Crippen molar-refractivity contribution in [2.75, 3.05) is 16.4 Å². The number of anilines is 1. The van der Waals surface area contributed by atoms with Crippen molar-refractivity contribution in [3.8, 4) is 16.9 Å². The Labute approximate surface area is 189 Å². The van der Waals surface area contributed by atoms with Gasteiger partial charge in [-0.3, -0.25) is 18.7 Å². The molecule has 1 unspecified atom stereocenters. The number of hydrogen-bond acceptors (Lipinski definition) is 5. The predicted molar refractivity (Wildman–Crippen MR) is 125 cm³/mol. The normalized spacial score (nSPS) is 26.2. The summed E-state index contributed by atoms with van der Waals surface area (Å²) in [5.41, 5.74) is 3.49. The summed E-state index contributed by atoms with van der Waals surface area (Å²) < 4.78 is 28.6. The van der Waals surface area contributed by atoms with Gasteiger partial charge in [0.2, 0.25) is 0 Å². The Hall–Kier alpha value is -2.23. The highest BCUT2D eigenvalue weighted by Gasteiger charge is 2.33. The second-order valence-electron chi connectivity index (χ2n) is 9.33. The van der Waals surface area contributed by atoms with E-state index >= 15 is 0 Å². The molecule has 1 aliphatic carbocycles. The summed E-state index contributed by atoms with van der Waals surface area (Å²) in [7, 11) is -2.53. The van der Waals surface area contributed by atoms with Crippen molar-refractivity contribution in [2.45, 2.75) is 70.1 Å². The van der Waals surface area contributed by atoms with Gasteiger partial charge in [-0.15, -0.1) is 0 Å². The van der Waals surface area contributed by atoms with Gasteiger partial charge in [0, 0.05) is 34.7 Å². The van der Waals surface area contributed by atoms with Crippen LogP contribution in [0.1, 0.15) is 57.1 Å². The minimum Gasteiger partial charge on any atom is -0.489 e. The SMILES string of the molecule is C[C@H]1CCc2c(ccc(-c3cnn(C4CCCS(O)(O)C4)c3)c2OC2CCC2)N1C(=O)O. The Morgan fingerprint density at radius 3 is 2.69 bits per heavy atom. The van der Waals surface area contributed by atoms with Crippen molar-refractivity contribution >= 4 is 22.4 Å². The fourth-order valence-electron chi connectivity index (χ4n) is 5.02. The van der Waals surface area contributed by atoms with Crippen LogP contribution in [-0.2, 0) is 6.42 Å². The van der Waals surface area contributed by atoms with Gasteiger partial charge in [-0.25, -0.2) is 4.79 Å². The molecule has 0 bridgehead atoms. The van der Waals surface area contributed by atoms with Crippen LogP contribution in [0, 0.1) is 0 Å². The van der Waals surface area contributed by atoms with E-state index in [1.165, 1.54) is 4.90 Å². The van der Waals surface area contributed by atoms with Gasteiger partial charge >= 0.3 is 6.09 Å². The lowest BCUT2D eigenvalue weighted by molar-refractivity contribution is 0.119. The first-order valence-electron chi connectivity index (χ1n) is 11.5. The van der Waals surface area contributed by atoms with Crippen LogP contribution < -0.4 is 9.64 Å². The molecule has 3 aliphatic rings. The molecule has 174 valence electrons. The van der Waals surface area contributed by atoms with Crippen LogP contribution >= 0.6 is 10.6 Å². The average molecular weight is 462 g/mol. The van der Waals surface area contributed by atoms with Gasteiger partial charge in [0.15, 0.2) is 0 Å². The second-order valence-corrected chi connectivity index (χ2v) is 11.7. The van der Waals surface area contributed by atoms with Crippen LogP contribution in [-0.4, -0.2) is 53.7 Å². The van der Waals surface area contributed by atoms with E-state index in [-0.39, 0.29) is 18.2 Å². The van der Waals surface area contributed by atoms with E-state index in [1.807, 2.05) is 29.9 Å². The molecule has 1 amide bonds. The van der Waals surface area contributed by atoms with Crippen molar-refractivity contribution < 1.29 is 23.7 Å². The number of rotatable bonds is 4. The third-order valence-corrected chi connectivity index (χ3v) is 8.91. The number of carbonyl (C=O) groups is 1. The molecule has 1 aromatic heterocycles. The molecular formula is C23H31N3O5S. The summed E-state index contributed by atoms with van der Waals surface area (Å²) in [6, 6.07) is 3.73. The number of carboxylic acid groups (broad SMARTS) is 1. The molecule has 8 nitrogen and oxygen atoms in total. The summed E-state index contributed by atoms with van der Waals surface area (Å²) in [4.78, 5) is 13.4. The lowest BCUT2D eigenvalue weighted by Crippen LogP contribution is -2.41. The largest absolute Gasteiger partial charge is 0.489 e. The van der Waals surface area contributed by atoms with Crippen LogP contribution in [0.25, 0.3) is 11.1 Å². The topological polar surface area (TPSA) is 108 Å². The number of nitrogens with zero attached hydrogens (tertiary/aromatic N) is 3. The molecule has 1 aromatic carbocycles. The quantitative estimate of drug-likeness (QED) is 0.564. The number of amides is 1. The number of ether oxygens (including phenoxy) is 1. The predicted octanol–water partition coefficient (Wildman–Crippen LogP) is 5.39. The van der Waals surface area contributed by atoms with E-state index in [0.29, 0.717) is 17.2 Å². The molecule has 32 heavy (non-hydrogen) atoms. The molecule has 3 N–H and O–H groups in total. The first-order chi connectivity index (χ1) is 15.3. The number of benzene rings is 1. The Bertz CT molecular complexity index is 1020. The van der Waals surface area contributed by atoms with Gasteiger partial charge in [0.05, 0.1) is 29.8 Å². The molecule has 3 heterocycles. The monoisotopic (exact) mass is 461 g/mol. The summed E-state index contributed by atoms with van der Waals surface area (Å²) in [5, 5.41) is 14.3. The lowest BCUT2D eigenvalue weighted by Gasteiger charge is -2.40. The first kappa shape index (κ1) is 21.6. The molecular weight excluding hydrogens is 430 g/mol. The molecule has 9 heteroatoms. The summed E-state index contributed by atoms with van der Waals surface area (Å²) in [5.74, 6) is 1.59. The molecule has 0 radical (unpaired) electrons. The Morgan fingerprint density at radius 1 is 1.19 bits per heavy atom. The maximum absolute atomic E-state index is 11.9. The maximum Gasteiger partial charge on any atom is 0.412 e. The molecule has 0 spiro atoms. The highest BCUT2D eigenvalue weighted by Crippen LogP contribution is 2.48. The van der Waals surface area contributed by atoms with Gasteiger partial charge in [-0.1, -0.05) is 0 Å². The third kappa shape index (κ3) is 3.97. The average Bonchev–Trinajstić information content (AvgIpc) is 3.19. The Balaban J connectivity index is 1.53. The van der Waals surface area contributed by atoms with E-state index in [4.69, 9.17) is 4.74 Å². The Kier molecular flexibility index (Phi) is 5.59. The van der Waals surface area contributed by atoms with Crippen LogP contribution in [0.3, 0.4) is 0 Å². The number of hydrogen-bond donors (Lipinski definition) is 3. The highest BCUT2D eigenvalue weighted by molar-refractivity contribution is 8.24. The highest BCUT2D eigenvalue weighted by atomic mass is 32.3. The minimum absolute atomic E-state index is 0.0283. The van der Waals surface area contributed by atoms with Gasteiger partial charge in [-0.05, 0) is 64.0 Å². The zero-order valence-electron chi connectivity index (χ0n) is 18.3. The van der Waals surface area contributed by atoms with Crippen molar-refractivity contribution in [1.82, 2.24) is 9.78 Å². The second kappa shape index (κ2) is 8.28. The molecule has 5 rings (SSSR count). The minimum atomic E-state index is -2.53. The van der Waals surface area contributed by atoms with Crippen molar-refractivity contribution in [3.05, 3.63) is 30.1 Å². The van der Waals surface area contributed by atoms with Gasteiger partial charge < -0.3 is 9.84 Å². The summed E-state index contributed by atoms with van der Waals surface area (Å²) in [6.45, 7) is 1.94. The fourth-order valence-corrected chi connectivity index (χ4v) is 6.75. The zero-order valence-corrected chi connectivity index (χ0v) is 19.1. The summed E-state index contributed by atoms with van der Waals surface area (Å²) >= 11 is 0. The fraction of sp³-hybridized carbons (Fsp3) is 0.565. The molecule has 2 fully saturated rings. The van der Waals surface area contributed by atoms with E-state index in [2.05, 4.69) is 5.10 Å². The van der Waals surface area contributed by atoms with Crippen LogP contribution in [0.2, 0.25) is 0 Å². The van der Waals surface area contributed by atoms with Crippen LogP contribution in [0.15, 0.2) is 24.5 Å². The van der Waals surface area contributed by atoms with Crippen molar-refractivity contribution in [1.29, 1.82) is 0 Å². The molecule has 1 saturated heterocycles. The molecule has 2 aromatic rings. The van der Waals surface area contributed by atoms with Crippen LogP contribution in [0.4, 0.5) is 10.5 Å². The molecule has 2 atom stereocenters. The lowest BCUT2D eigenvalue weighted by atomic mass is 9.91. The molecule has 2 aliphatic heterocycles. The van der Waals surface area contributed by atoms with Gasteiger partial charge in [-0.2, -0.15) is 15.7 Å².